The van der Waals surface area contributed by atoms with Crippen molar-refractivity contribution < 1.29 is 9.47 Å². The highest BCUT2D eigenvalue weighted by Gasteiger charge is 2.13. The zero-order valence-electron chi connectivity index (χ0n) is 11.5. The minimum absolute atomic E-state index is 0.137. The standard InChI is InChI=1S/C15H18N2O2S/c1-10(16)7-15-17-12(9-20-15)11-3-4-13-14(8-11)19-6-2-5-18-13/h3-4,8-10H,2,5-7,16H2,1H3. The lowest BCUT2D eigenvalue weighted by molar-refractivity contribution is 0.297. The van der Waals surface area contributed by atoms with E-state index < -0.39 is 0 Å². The maximum atomic E-state index is 5.81. The number of thiazole rings is 1. The lowest BCUT2D eigenvalue weighted by atomic mass is 10.1. The largest absolute Gasteiger partial charge is 0.490 e. The summed E-state index contributed by atoms with van der Waals surface area (Å²) in [5.41, 5.74) is 7.84. The molecule has 0 saturated carbocycles. The van der Waals surface area contributed by atoms with Crippen LogP contribution in [-0.4, -0.2) is 24.2 Å². The summed E-state index contributed by atoms with van der Waals surface area (Å²) in [6, 6.07) is 6.13. The second-order valence-corrected chi connectivity index (χ2v) is 5.96. The van der Waals surface area contributed by atoms with Crippen molar-refractivity contribution in [2.24, 2.45) is 5.73 Å². The van der Waals surface area contributed by atoms with Crippen LogP contribution < -0.4 is 15.2 Å². The maximum Gasteiger partial charge on any atom is 0.161 e. The predicted molar refractivity (Wildman–Crippen MR) is 80.5 cm³/mol. The third-order valence-corrected chi connectivity index (χ3v) is 3.96. The zero-order chi connectivity index (χ0) is 13.9. The molecular weight excluding hydrogens is 272 g/mol. The summed E-state index contributed by atoms with van der Waals surface area (Å²) in [6.07, 6.45) is 1.73. The van der Waals surface area contributed by atoms with E-state index in [1.165, 1.54) is 0 Å². The third kappa shape index (κ3) is 2.94. The quantitative estimate of drug-likeness (QED) is 0.944. The molecule has 2 aromatic rings. The van der Waals surface area contributed by atoms with Gasteiger partial charge in [-0.3, -0.25) is 0 Å². The molecule has 0 amide bonds. The number of hydrogen-bond donors (Lipinski definition) is 1. The Morgan fingerprint density at radius 1 is 1.30 bits per heavy atom. The van der Waals surface area contributed by atoms with E-state index in [0.717, 1.165) is 40.6 Å². The Labute approximate surface area is 122 Å². The molecule has 3 rings (SSSR count). The van der Waals surface area contributed by atoms with Gasteiger partial charge in [0.15, 0.2) is 11.5 Å². The molecule has 0 fully saturated rings. The van der Waals surface area contributed by atoms with Crippen LogP contribution in [0.15, 0.2) is 23.6 Å². The highest BCUT2D eigenvalue weighted by Crippen LogP contribution is 2.34. The first-order valence-electron chi connectivity index (χ1n) is 6.82. The van der Waals surface area contributed by atoms with Gasteiger partial charge in [-0.25, -0.2) is 4.98 Å². The van der Waals surface area contributed by atoms with Gasteiger partial charge in [-0.15, -0.1) is 11.3 Å². The average molecular weight is 290 g/mol. The molecule has 0 saturated heterocycles. The minimum atomic E-state index is 0.137. The molecule has 1 unspecified atom stereocenters. The average Bonchev–Trinajstić information content (AvgIpc) is 2.74. The van der Waals surface area contributed by atoms with Gasteiger partial charge in [0.25, 0.3) is 0 Å². The van der Waals surface area contributed by atoms with Crippen molar-refractivity contribution in [1.82, 2.24) is 4.98 Å². The van der Waals surface area contributed by atoms with Crippen molar-refractivity contribution in [3.63, 3.8) is 0 Å². The van der Waals surface area contributed by atoms with Gasteiger partial charge < -0.3 is 15.2 Å². The number of aromatic nitrogens is 1. The molecule has 0 aliphatic carbocycles. The number of nitrogens with two attached hydrogens (primary N) is 1. The summed E-state index contributed by atoms with van der Waals surface area (Å²) in [7, 11) is 0. The van der Waals surface area contributed by atoms with Gasteiger partial charge in [-0.1, -0.05) is 0 Å². The molecule has 5 heteroatoms. The number of rotatable bonds is 3. The molecule has 20 heavy (non-hydrogen) atoms. The first-order valence-corrected chi connectivity index (χ1v) is 7.70. The van der Waals surface area contributed by atoms with Crippen molar-refractivity contribution in [1.29, 1.82) is 0 Å². The van der Waals surface area contributed by atoms with E-state index in [1.807, 2.05) is 25.1 Å². The van der Waals surface area contributed by atoms with E-state index in [2.05, 4.69) is 10.4 Å². The normalized spacial score (nSPS) is 15.7. The van der Waals surface area contributed by atoms with Crippen LogP contribution in [0, 0.1) is 0 Å². The molecule has 0 spiro atoms. The maximum absolute atomic E-state index is 5.81. The van der Waals surface area contributed by atoms with Crippen LogP contribution in [0.1, 0.15) is 18.4 Å². The Morgan fingerprint density at radius 2 is 2.10 bits per heavy atom. The number of ether oxygens (including phenoxy) is 2. The monoisotopic (exact) mass is 290 g/mol. The fourth-order valence-electron chi connectivity index (χ4n) is 2.14. The van der Waals surface area contributed by atoms with Crippen molar-refractivity contribution in [2.45, 2.75) is 25.8 Å². The second-order valence-electron chi connectivity index (χ2n) is 5.02. The summed E-state index contributed by atoms with van der Waals surface area (Å²) in [6.45, 7) is 3.40. The smallest absolute Gasteiger partial charge is 0.161 e. The van der Waals surface area contributed by atoms with Gasteiger partial charge >= 0.3 is 0 Å². The van der Waals surface area contributed by atoms with Crippen LogP contribution in [0.4, 0.5) is 0 Å². The van der Waals surface area contributed by atoms with Crippen molar-refractivity contribution in [2.75, 3.05) is 13.2 Å². The van der Waals surface area contributed by atoms with Crippen molar-refractivity contribution >= 4 is 11.3 Å². The molecule has 2 N–H and O–H groups in total. The topological polar surface area (TPSA) is 57.4 Å². The van der Waals surface area contributed by atoms with E-state index in [9.17, 15) is 0 Å². The molecule has 2 heterocycles. The summed E-state index contributed by atoms with van der Waals surface area (Å²) >= 11 is 1.65. The van der Waals surface area contributed by atoms with Gasteiger partial charge in [0, 0.05) is 29.8 Å². The van der Waals surface area contributed by atoms with Crippen LogP contribution in [0.3, 0.4) is 0 Å². The zero-order valence-corrected chi connectivity index (χ0v) is 12.3. The fourth-order valence-corrected chi connectivity index (χ4v) is 3.08. The minimum Gasteiger partial charge on any atom is -0.490 e. The van der Waals surface area contributed by atoms with Crippen LogP contribution in [0.25, 0.3) is 11.3 Å². The van der Waals surface area contributed by atoms with Crippen LogP contribution in [0.5, 0.6) is 11.5 Å². The van der Waals surface area contributed by atoms with Crippen molar-refractivity contribution in [3.8, 4) is 22.8 Å². The van der Waals surface area contributed by atoms with E-state index >= 15 is 0 Å². The molecule has 0 bridgehead atoms. The lowest BCUT2D eigenvalue weighted by Crippen LogP contribution is -2.17. The van der Waals surface area contributed by atoms with Gasteiger partial charge in [0.2, 0.25) is 0 Å². The predicted octanol–water partition coefficient (Wildman–Crippen LogP) is 2.86. The molecule has 4 nitrogen and oxygen atoms in total. The van der Waals surface area contributed by atoms with E-state index in [-0.39, 0.29) is 6.04 Å². The Bertz CT molecular complexity index is 595. The molecule has 1 aliphatic heterocycles. The van der Waals surface area contributed by atoms with Crippen LogP contribution >= 0.6 is 11.3 Å². The molecule has 1 aliphatic rings. The summed E-state index contributed by atoms with van der Waals surface area (Å²) in [4.78, 5) is 4.64. The number of hydrogen-bond acceptors (Lipinski definition) is 5. The third-order valence-electron chi connectivity index (χ3n) is 3.09. The van der Waals surface area contributed by atoms with Gasteiger partial charge in [-0.2, -0.15) is 0 Å². The number of nitrogens with zero attached hydrogens (tertiary/aromatic N) is 1. The van der Waals surface area contributed by atoms with Crippen LogP contribution in [-0.2, 0) is 6.42 Å². The van der Waals surface area contributed by atoms with Crippen LogP contribution in [0.2, 0.25) is 0 Å². The molecule has 1 atom stereocenters. The molecule has 106 valence electrons. The van der Waals surface area contributed by atoms with E-state index in [4.69, 9.17) is 15.2 Å². The fraction of sp³-hybridized carbons (Fsp3) is 0.400. The van der Waals surface area contributed by atoms with Gasteiger partial charge in [0.1, 0.15) is 0 Å². The number of fused-ring (bicyclic) bond motifs is 1. The Kier molecular flexibility index (Phi) is 3.89. The SMILES string of the molecule is CC(N)Cc1nc(-c2ccc3c(c2)OCCCO3)cs1. The van der Waals surface area contributed by atoms with Crippen molar-refractivity contribution in [3.05, 3.63) is 28.6 Å². The highest BCUT2D eigenvalue weighted by atomic mass is 32.1. The Morgan fingerprint density at radius 3 is 2.90 bits per heavy atom. The summed E-state index contributed by atoms with van der Waals surface area (Å²) in [5, 5.41) is 3.14. The molecular formula is C15H18N2O2S. The molecule has 1 aromatic carbocycles. The number of benzene rings is 1. The first-order chi connectivity index (χ1) is 9.72. The molecule has 1 aromatic heterocycles. The molecule has 0 radical (unpaired) electrons. The Balaban J connectivity index is 1.86. The summed E-state index contributed by atoms with van der Waals surface area (Å²) in [5.74, 6) is 1.62. The highest BCUT2D eigenvalue weighted by molar-refractivity contribution is 7.09. The summed E-state index contributed by atoms with van der Waals surface area (Å²) < 4.78 is 11.4. The Hall–Kier alpha value is -1.59. The van der Waals surface area contributed by atoms with E-state index in [1.54, 1.807) is 11.3 Å². The van der Waals surface area contributed by atoms with E-state index in [0.29, 0.717) is 13.2 Å². The second kappa shape index (κ2) is 5.81. The first kappa shape index (κ1) is 13.4. The van der Waals surface area contributed by atoms with Gasteiger partial charge in [0.05, 0.1) is 23.9 Å². The van der Waals surface area contributed by atoms with Gasteiger partial charge in [-0.05, 0) is 25.1 Å². The lowest BCUT2D eigenvalue weighted by Gasteiger charge is -2.08.